The van der Waals surface area contributed by atoms with Crippen LogP contribution in [0.3, 0.4) is 0 Å². The van der Waals surface area contributed by atoms with E-state index in [0.717, 1.165) is 37.4 Å². The van der Waals surface area contributed by atoms with Crippen molar-refractivity contribution in [1.82, 2.24) is 5.32 Å². The van der Waals surface area contributed by atoms with Crippen LogP contribution in [0.5, 0.6) is 0 Å². The minimum absolute atomic E-state index is 0.373. The fourth-order valence-corrected chi connectivity index (χ4v) is 6.29. The molecule has 0 bridgehead atoms. The zero-order valence-electron chi connectivity index (χ0n) is 16.7. The Kier molecular flexibility index (Phi) is 4.49. The molecule has 142 valence electrons. The highest BCUT2D eigenvalue weighted by atomic mass is 16.6. The molecule has 0 heterocycles. The van der Waals surface area contributed by atoms with Crippen molar-refractivity contribution in [2.24, 2.45) is 35.0 Å². The predicted molar refractivity (Wildman–Crippen MR) is 98.2 cm³/mol. The second-order valence-electron chi connectivity index (χ2n) is 10.4. The van der Waals surface area contributed by atoms with E-state index in [1.807, 2.05) is 20.8 Å². The van der Waals surface area contributed by atoms with Gasteiger partial charge in [0.1, 0.15) is 11.9 Å². The molecule has 0 spiro atoms. The lowest BCUT2D eigenvalue weighted by Crippen LogP contribution is -2.56. The third kappa shape index (κ3) is 3.21. The SMILES string of the molecule is C[C@H]1CC[C@@H]2[C@H]1C1[C@@H](CC[C@@]2(CC=O)NC(=O)OC(C)(C)C)C1(C)C. The summed E-state index contributed by atoms with van der Waals surface area (Å²) in [6.45, 7) is 12.8. The normalized spacial score (nSPS) is 41.9. The van der Waals surface area contributed by atoms with Gasteiger partial charge in [-0.25, -0.2) is 4.79 Å². The number of rotatable bonds is 3. The summed E-state index contributed by atoms with van der Waals surface area (Å²) in [5.41, 5.74) is -0.534. The standard InChI is InChI=1S/C21H35NO3/c1-13-7-8-14-16(13)17-15(20(17,5)6)9-10-21(14,11-12-23)22-18(24)25-19(2,3)4/h12-17H,7-11H2,1-6H3,(H,22,24)/t13-,14+,15+,16-,17?,21-/m0/s1. The largest absolute Gasteiger partial charge is 0.444 e. The fourth-order valence-electron chi connectivity index (χ4n) is 6.29. The van der Waals surface area contributed by atoms with Gasteiger partial charge in [0.25, 0.3) is 0 Å². The van der Waals surface area contributed by atoms with Crippen molar-refractivity contribution in [1.29, 1.82) is 0 Å². The molecule has 0 radical (unpaired) electrons. The molecule has 25 heavy (non-hydrogen) atoms. The first-order valence-electron chi connectivity index (χ1n) is 9.96. The summed E-state index contributed by atoms with van der Waals surface area (Å²) in [4.78, 5) is 24.1. The summed E-state index contributed by atoms with van der Waals surface area (Å²) in [6.07, 6.45) is 5.33. The van der Waals surface area contributed by atoms with Crippen LogP contribution in [0.2, 0.25) is 0 Å². The van der Waals surface area contributed by atoms with Gasteiger partial charge in [0, 0.05) is 6.42 Å². The lowest BCUT2D eigenvalue weighted by atomic mass is 9.70. The van der Waals surface area contributed by atoms with E-state index in [1.165, 1.54) is 6.42 Å². The molecule has 1 unspecified atom stereocenters. The Balaban J connectivity index is 1.88. The Morgan fingerprint density at radius 2 is 1.88 bits per heavy atom. The monoisotopic (exact) mass is 349 g/mol. The molecule has 3 fully saturated rings. The van der Waals surface area contributed by atoms with Crippen molar-refractivity contribution < 1.29 is 14.3 Å². The van der Waals surface area contributed by atoms with Gasteiger partial charge in [0.15, 0.2) is 0 Å². The number of amides is 1. The maximum atomic E-state index is 12.6. The molecule has 3 aliphatic rings. The van der Waals surface area contributed by atoms with Crippen molar-refractivity contribution in [3.8, 4) is 0 Å². The molecular weight excluding hydrogens is 314 g/mol. The van der Waals surface area contributed by atoms with Crippen molar-refractivity contribution in [2.45, 2.75) is 84.8 Å². The van der Waals surface area contributed by atoms with E-state index < -0.39 is 11.1 Å². The second-order valence-corrected chi connectivity index (χ2v) is 10.4. The minimum Gasteiger partial charge on any atom is -0.444 e. The van der Waals surface area contributed by atoms with Gasteiger partial charge in [0.2, 0.25) is 0 Å². The van der Waals surface area contributed by atoms with Gasteiger partial charge in [-0.15, -0.1) is 0 Å². The van der Waals surface area contributed by atoms with E-state index in [2.05, 4.69) is 26.1 Å². The highest BCUT2D eigenvalue weighted by molar-refractivity contribution is 5.70. The average Bonchev–Trinajstić information content (AvgIpc) is 2.83. The van der Waals surface area contributed by atoms with Crippen LogP contribution in [-0.4, -0.2) is 23.5 Å². The van der Waals surface area contributed by atoms with Gasteiger partial charge >= 0.3 is 6.09 Å². The van der Waals surface area contributed by atoms with Crippen LogP contribution in [0.15, 0.2) is 0 Å². The van der Waals surface area contributed by atoms with E-state index >= 15 is 0 Å². The highest BCUT2D eigenvalue weighted by Gasteiger charge is 2.67. The summed E-state index contributed by atoms with van der Waals surface area (Å²) in [7, 11) is 0. The zero-order valence-corrected chi connectivity index (χ0v) is 16.7. The third-order valence-electron chi connectivity index (χ3n) is 7.42. The van der Waals surface area contributed by atoms with E-state index in [1.54, 1.807) is 0 Å². The van der Waals surface area contributed by atoms with Gasteiger partial charge in [0.05, 0.1) is 5.54 Å². The van der Waals surface area contributed by atoms with E-state index in [4.69, 9.17) is 4.74 Å². The molecule has 4 heteroatoms. The topological polar surface area (TPSA) is 55.4 Å². The van der Waals surface area contributed by atoms with Crippen LogP contribution < -0.4 is 5.32 Å². The summed E-state index contributed by atoms with van der Waals surface area (Å²) in [5, 5.41) is 3.20. The van der Waals surface area contributed by atoms with Crippen LogP contribution in [0, 0.1) is 35.0 Å². The molecule has 0 saturated heterocycles. The zero-order chi connectivity index (χ0) is 18.6. The Bertz CT molecular complexity index is 550. The van der Waals surface area contributed by atoms with E-state index in [-0.39, 0.29) is 6.09 Å². The molecule has 3 aliphatic carbocycles. The number of carbonyl (C=O) groups is 2. The van der Waals surface area contributed by atoms with Crippen molar-refractivity contribution >= 4 is 12.4 Å². The van der Waals surface area contributed by atoms with E-state index in [0.29, 0.717) is 29.6 Å². The van der Waals surface area contributed by atoms with Crippen LogP contribution in [0.25, 0.3) is 0 Å². The summed E-state index contributed by atoms with van der Waals surface area (Å²) in [6, 6.07) is 0. The summed E-state index contributed by atoms with van der Waals surface area (Å²) in [5.74, 6) is 3.14. The lowest BCUT2D eigenvalue weighted by Gasteiger charge is -2.42. The predicted octanol–water partition coefficient (Wildman–Crippen LogP) is 4.57. The smallest absolute Gasteiger partial charge is 0.408 e. The summed E-state index contributed by atoms with van der Waals surface area (Å²) >= 11 is 0. The van der Waals surface area contributed by atoms with Gasteiger partial charge in [-0.1, -0.05) is 27.2 Å². The first kappa shape index (κ1) is 18.7. The second kappa shape index (κ2) is 5.99. The van der Waals surface area contributed by atoms with Crippen molar-refractivity contribution in [3.63, 3.8) is 0 Å². The van der Waals surface area contributed by atoms with Gasteiger partial charge in [-0.3, -0.25) is 0 Å². The lowest BCUT2D eigenvalue weighted by molar-refractivity contribution is -0.110. The molecule has 3 saturated carbocycles. The number of hydrogen-bond donors (Lipinski definition) is 1. The molecular formula is C21H35NO3. The van der Waals surface area contributed by atoms with Gasteiger partial charge in [-0.2, -0.15) is 0 Å². The number of nitrogens with one attached hydrogen (secondary N) is 1. The van der Waals surface area contributed by atoms with Crippen LogP contribution in [-0.2, 0) is 9.53 Å². The number of ether oxygens (including phenoxy) is 1. The first-order valence-corrected chi connectivity index (χ1v) is 9.96. The minimum atomic E-state index is -0.524. The Morgan fingerprint density at radius 1 is 1.20 bits per heavy atom. The average molecular weight is 350 g/mol. The first-order chi connectivity index (χ1) is 11.5. The quantitative estimate of drug-likeness (QED) is 0.760. The van der Waals surface area contributed by atoms with Crippen molar-refractivity contribution in [2.75, 3.05) is 0 Å². The number of fused-ring (bicyclic) bond motifs is 3. The Labute approximate surface area is 152 Å². The fraction of sp³-hybridized carbons (Fsp3) is 0.905. The third-order valence-corrected chi connectivity index (χ3v) is 7.42. The number of aldehydes is 1. The molecule has 1 amide bonds. The number of alkyl carbamates (subject to hydrolysis) is 1. The van der Waals surface area contributed by atoms with Crippen LogP contribution in [0.4, 0.5) is 4.79 Å². The molecule has 6 atom stereocenters. The van der Waals surface area contributed by atoms with Crippen LogP contribution >= 0.6 is 0 Å². The maximum Gasteiger partial charge on any atom is 0.408 e. The van der Waals surface area contributed by atoms with Crippen molar-refractivity contribution in [3.05, 3.63) is 0 Å². The highest BCUT2D eigenvalue weighted by Crippen LogP contribution is 2.71. The van der Waals surface area contributed by atoms with Gasteiger partial charge in [-0.05, 0) is 75.0 Å². The summed E-state index contributed by atoms with van der Waals surface area (Å²) < 4.78 is 5.54. The molecule has 0 aromatic rings. The Hall–Kier alpha value is -1.06. The van der Waals surface area contributed by atoms with Gasteiger partial charge < -0.3 is 14.8 Å². The molecule has 0 aromatic carbocycles. The molecule has 0 aromatic heterocycles. The molecule has 1 N–H and O–H groups in total. The number of carbonyl (C=O) groups excluding carboxylic acids is 2. The number of hydrogen-bond acceptors (Lipinski definition) is 3. The molecule has 0 aliphatic heterocycles. The molecule has 3 rings (SSSR count). The Morgan fingerprint density at radius 3 is 2.48 bits per heavy atom. The van der Waals surface area contributed by atoms with Crippen LogP contribution in [0.1, 0.15) is 73.6 Å². The maximum absolute atomic E-state index is 12.6. The molecule has 4 nitrogen and oxygen atoms in total. The van der Waals surface area contributed by atoms with E-state index in [9.17, 15) is 9.59 Å².